The number of hydrogen-bond acceptors (Lipinski definition) is 5. The number of halogens is 1. The van der Waals surface area contributed by atoms with Crippen molar-refractivity contribution in [3.63, 3.8) is 0 Å². The predicted molar refractivity (Wildman–Crippen MR) is 117 cm³/mol. The van der Waals surface area contributed by atoms with Crippen molar-refractivity contribution in [2.24, 2.45) is 0 Å². The van der Waals surface area contributed by atoms with Crippen LogP contribution >= 0.6 is 0 Å². The Morgan fingerprint density at radius 3 is 2.29 bits per heavy atom. The molecule has 1 N–H and O–H groups in total. The van der Waals surface area contributed by atoms with Crippen LogP contribution in [0.3, 0.4) is 0 Å². The van der Waals surface area contributed by atoms with Crippen molar-refractivity contribution in [3.8, 4) is 11.5 Å². The fourth-order valence-electron chi connectivity index (χ4n) is 3.14. The van der Waals surface area contributed by atoms with Crippen LogP contribution < -0.4 is 5.32 Å². The molecule has 0 saturated carbocycles. The molecule has 0 fully saturated rings. The van der Waals surface area contributed by atoms with E-state index in [-0.39, 0.29) is 34.1 Å². The average Bonchev–Trinajstić information content (AvgIpc) is 3.19. The fraction of sp³-hybridized carbons (Fsp3) is 0.125. The summed E-state index contributed by atoms with van der Waals surface area (Å²) >= 11 is 0. The topological polar surface area (TPSA) is 72.2 Å². The summed E-state index contributed by atoms with van der Waals surface area (Å²) in [6, 6.07) is 20.0. The number of nitrogens with one attached hydrogen (secondary N) is 1. The highest BCUT2D eigenvalue weighted by Crippen LogP contribution is 2.33. The van der Waals surface area contributed by atoms with Gasteiger partial charge in [-0.3, -0.25) is 0 Å². The lowest BCUT2D eigenvalue weighted by atomic mass is 10.1. The van der Waals surface area contributed by atoms with Gasteiger partial charge in [0.1, 0.15) is 5.82 Å². The lowest BCUT2D eigenvalue weighted by molar-refractivity contribution is 0.576. The van der Waals surface area contributed by atoms with Gasteiger partial charge in [0.15, 0.2) is 0 Å². The Hall–Kier alpha value is -3.45. The SMILES string of the molecule is Cc1ccc(S(=O)(=O)c2nc(-c3ccccc3C)oc2NCc2ccc(F)cc2)cc1. The minimum atomic E-state index is -3.92. The molecule has 7 heteroatoms. The Kier molecular flexibility index (Phi) is 5.61. The van der Waals surface area contributed by atoms with E-state index in [9.17, 15) is 12.8 Å². The lowest BCUT2D eigenvalue weighted by Crippen LogP contribution is -2.07. The number of rotatable bonds is 6. The number of oxazole rings is 1. The van der Waals surface area contributed by atoms with Gasteiger partial charge in [-0.2, -0.15) is 4.98 Å². The number of sulfone groups is 1. The Labute approximate surface area is 180 Å². The van der Waals surface area contributed by atoms with E-state index in [4.69, 9.17) is 4.42 Å². The molecule has 0 aliphatic carbocycles. The van der Waals surface area contributed by atoms with Gasteiger partial charge >= 0.3 is 0 Å². The van der Waals surface area contributed by atoms with Gasteiger partial charge in [-0.05, 0) is 55.3 Å². The summed E-state index contributed by atoms with van der Waals surface area (Å²) < 4.78 is 45.7. The van der Waals surface area contributed by atoms with Crippen LogP contribution in [0, 0.1) is 19.7 Å². The molecule has 0 radical (unpaired) electrons. The van der Waals surface area contributed by atoms with Gasteiger partial charge in [0.25, 0.3) is 0 Å². The van der Waals surface area contributed by atoms with E-state index < -0.39 is 9.84 Å². The minimum absolute atomic E-state index is 0.0446. The summed E-state index contributed by atoms with van der Waals surface area (Å²) in [5.41, 5.74) is 3.34. The summed E-state index contributed by atoms with van der Waals surface area (Å²) in [6.07, 6.45) is 0. The number of nitrogens with zero attached hydrogens (tertiary/aromatic N) is 1. The molecule has 0 amide bonds. The molecule has 4 aromatic rings. The van der Waals surface area contributed by atoms with Crippen molar-refractivity contribution in [2.75, 3.05) is 5.32 Å². The first kappa shape index (κ1) is 20.8. The molecule has 0 aliphatic heterocycles. The van der Waals surface area contributed by atoms with Crippen molar-refractivity contribution in [3.05, 3.63) is 95.3 Å². The third-order valence-electron chi connectivity index (χ3n) is 4.92. The zero-order valence-corrected chi connectivity index (χ0v) is 17.9. The Bertz CT molecular complexity index is 1310. The normalized spacial score (nSPS) is 11.5. The van der Waals surface area contributed by atoms with Crippen molar-refractivity contribution >= 4 is 15.7 Å². The standard InChI is InChI=1S/C24H21FN2O3S/c1-16-7-13-20(14-8-16)31(28,29)24-23(26-15-18-9-11-19(25)12-10-18)30-22(27-24)21-6-4-3-5-17(21)2/h3-14,26H,15H2,1-2H3. The van der Waals surface area contributed by atoms with Crippen molar-refractivity contribution in [1.29, 1.82) is 0 Å². The third kappa shape index (κ3) is 4.36. The molecule has 4 rings (SSSR count). The summed E-state index contributed by atoms with van der Waals surface area (Å²) in [4.78, 5) is 4.49. The number of anilines is 1. The molecule has 1 heterocycles. The Morgan fingerprint density at radius 1 is 0.935 bits per heavy atom. The van der Waals surface area contributed by atoms with E-state index in [2.05, 4.69) is 10.3 Å². The molecule has 0 bridgehead atoms. The maximum Gasteiger partial charge on any atom is 0.234 e. The van der Waals surface area contributed by atoms with Crippen LogP contribution in [0.5, 0.6) is 0 Å². The van der Waals surface area contributed by atoms with Crippen molar-refractivity contribution in [2.45, 2.75) is 30.3 Å². The molecule has 3 aromatic carbocycles. The van der Waals surface area contributed by atoms with Crippen LogP contribution in [-0.4, -0.2) is 13.4 Å². The highest BCUT2D eigenvalue weighted by molar-refractivity contribution is 7.91. The molecular formula is C24H21FN2O3S. The smallest absolute Gasteiger partial charge is 0.234 e. The second-order valence-electron chi connectivity index (χ2n) is 7.26. The average molecular weight is 437 g/mol. The van der Waals surface area contributed by atoms with Crippen LogP contribution in [0.25, 0.3) is 11.5 Å². The van der Waals surface area contributed by atoms with Crippen LogP contribution in [0.4, 0.5) is 10.3 Å². The molecule has 5 nitrogen and oxygen atoms in total. The maximum absolute atomic E-state index is 13.3. The van der Waals surface area contributed by atoms with Crippen LogP contribution in [0.1, 0.15) is 16.7 Å². The monoisotopic (exact) mass is 436 g/mol. The Morgan fingerprint density at radius 2 is 1.61 bits per heavy atom. The number of aromatic nitrogens is 1. The van der Waals surface area contributed by atoms with Gasteiger partial charge in [0.2, 0.25) is 26.6 Å². The van der Waals surface area contributed by atoms with E-state index in [1.54, 1.807) is 36.4 Å². The largest absolute Gasteiger partial charge is 0.419 e. The van der Waals surface area contributed by atoms with E-state index in [1.165, 1.54) is 12.1 Å². The van der Waals surface area contributed by atoms with Gasteiger partial charge in [-0.15, -0.1) is 0 Å². The first-order valence-corrected chi connectivity index (χ1v) is 11.2. The highest BCUT2D eigenvalue weighted by atomic mass is 32.2. The summed E-state index contributed by atoms with van der Waals surface area (Å²) in [6.45, 7) is 4.04. The van der Waals surface area contributed by atoms with Gasteiger partial charge in [0.05, 0.1) is 4.90 Å². The van der Waals surface area contributed by atoms with Crippen LogP contribution in [-0.2, 0) is 16.4 Å². The van der Waals surface area contributed by atoms with Crippen LogP contribution in [0.15, 0.2) is 87.1 Å². The van der Waals surface area contributed by atoms with E-state index in [0.717, 1.165) is 16.7 Å². The molecule has 158 valence electrons. The first-order chi connectivity index (χ1) is 14.8. The molecule has 0 unspecified atom stereocenters. The number of hydrogen-bond donors (Lipinski definition) is 1. The molecule has 0 saturated heterocycles. The summed E-state index contributed by atoms with van der Waals surface area (Å²) in [5.74, 6) is -0.0820. The predicted octanol–water partition coefficient (Wildman–Crippen LogP) is 5.54. The number of benzene rings is 3. The molecular weight excluding hydrogens is 415 g/mol. The quantitative estimate of drug-likeness (QED) is 0.429. The van der Waals surface area contributed by atoms with Gasteiger partial charge < -0.3 is 9.73 Å². The van der Waals surface area contributed by atoms with Crippen LogP contribution in [0.2, 0.25) is 0 Å². The minimum Gasteiger partial charge on any atom is -0.419 e. The van der Waals surface area contributed by atoms with E-state index in [0.29, 0.717) is 5.56 Å². The van der Waals surface area contributed by atoms with E-state index in [1.807, 2.05) is 38.1 Å². The number of aryl methyl sites for hydroxylation is 2. The maximum atomic E-state index is 13.3. The second kappa shape index (κ2) is 8.35. The van der Waals surface area contributed by atoms with E-state index >= 15 is 0 Å². The van der Waals surface area contributed by atoms with Gasteiger partial charge in [0, 0.05) is 12.1 Å². The fourth-order valence-corrected chi connectivity index (χ4v) is 4.42. The van der Waals surface area contributed by atoms with Crippen molar-refractivity contribution < 1.29 is 17.2 Å². The lowest BCUT2D eigenvalue weighted by Gasteiger charge is -2.07. The molecule has 1 aromatic heterocycles. The summed E-state index contributed by atoms with van der Waals surface area (Å²) in [7, 11) is -3.92. The van der Waals surface area contributed by atoms with Crippen molar-refractivity contribution in [1.82, 2.24) is 4.98 Å². The van der Waals surface area contributed by atoms with Gasteiger partial charge in [-0.25, -0.2) is 12.8 Å². The molecule has 0 aliphatic rings. The zero-order valence-electron chi connectivity index (χ0n) is 17.1. The Balaban J connectivity index is 1.77. The second-order valence-corrected chi connectivity index (χ2v) is 9.13. The zero-order chi connectivity index (χ0) is 22.0. The highest BCUT2D eigenvalue weighted by Gasteiger charge is 2.28. The third-order valence-corrected chi connectivity index (χ3v) is 6.60. The molecule has 0 spiro atoms. The molecule has 0 atom stereocenters. The van der Waals surface area contributed by atoms with Gasteiger partial charge in [-0.1, -0.05) is 48.0 Å². The molecule has 31 heavy (non-hydrogen) atoms. The summed E-state index contributed by atoms with van der Waals surface area (Å²) in [5, 5.41) is 2.83. The first-order valence-electron chi connectivity index (χ1n) is 9.71.